The number of hydrogen-bond acceptors (Lipinski definition) is 2. The molecule has 86 valence electrons. The van der Waals surface area contributed by atoms with Crippen molar-refractivity contribution in [3.63, 3.8) is 0 Å². The molecule has 0 fully saturated rings. The molecular weight excluding hydrogens is 263 g/mol. The van der Waals surface area contributed by atoms with E-state index >= 15 is 0 Å². The maximum absolute atomic E-state index is 8.73. The predicted molar refractivity (Wildman–Crippen MR) is 74.4 cm³/mol. The van der Waals surface area contributed by atoms with Crippen LogP contribution in [0.2, 0.25) is 0 Å². The van der Waals surface area contributed by atoms with Crippen LogP contribution < -0.4 is 10.6 Å². The van der Waals surface area contributed by atoms with Crippen LogP contribution in [0.3, 0.4) is 0 Å². The van der Waals surface area contributed by atoms with Gasteiger partial charge in [0, 0.05) is 0 Å². The van der Waals surface area contributed by atoms with Crippen LogP contribution >= 0.6 is 18.5 Å². The largest absolute Gasteiger partial charge is 0.192 e. The normalized spacial score (nSPS) is 9.78. The summed E-state index contributed by atoms with van der Waals surface area (Å²) in [5.41, 5.74) is 1.25. The third-order valence-corrected chi connectivity index (χ3v) is 5.12. The van der Waals surface area contributed by atoms with Crippen LogP contribution in [-0.2, 0) is 0 Å². The van der Waals surface area contributed by atoms with Crippen molar-refractivity contribution < 1.29 is 0 Å². The van der Waals surface area contributed by atoms with E-state index in [0.717, 1.165) is 10.6 Å². The molecule has 0 N–H and O–H groups in total. The molecule has 0 aliphatic rings. The fraction of sp³-hybridized carbons (Fsp3) is 0. The highest BCUT2D eigenvalue weighted by atomic mass is 35.7. The molecule has 2 aromatic carbocycles. The molecule has 18 heavy (non-hydrogen) atoms. The second-order valence-electron chi connectivity index (χ2n) is 3.60. The summed E-state index contributed by atoms with van der Waals surface area (Å²) in [5.74, 6) is 0. The van der Waals surface area contributed by atoms with Gasteiger partial charge in [0.25, 0.3) is 0 Å². The summed E-state index contributed by atoms with van der Waals surface area (Å²) in [4.78, 5) is 0. The zero-order chi connectivity index (χ0) is 13.0. The van der Waals surface area contributed by atoms with Gasteiger partial charge < -0.3 is 0 Å². The highest BCUT2D eigenvalue weighted by molar-refractivity contribution is 7.95. The number of rotatable bonds is 2. The molecule has 0 saturated heterocycles. The lowest BCUT2D eigenvalue weighted by Crippen LogP contribution is -2.07. The van der Waals surface area contributed by atoms with E-state index in [1.54, 1.807) is 24.3 Å². The Balaban J connectivity index is 2.27. The quantitative estimate of drug-likeness (QED) is 0.788. The van der Waals surface area contributed by atoms with E-state index in [-0.39, 0.29) is 0 Å². The molecule has 0 amide bonds. The van der Waals surface area contributed by atoms with Gasteiger partial charge in [0.15, 0.2) is 0 Å². The highest BCUT2D eigenvalue weighted by Crippen LogP contribution is 2.38. The Bertz CT molecular complexity index is 563. The molecule has 0 spiro atoms. The van der Waals surface area contributed by atoms with E-state index in [0.29, 0.717) is 11.1 Å². The van der Waals surface area contributed by atoms with Crippen LogP contribution in [0.5, 0.6) is 0 Å². The second-order valence-corrected chi connectivity index (χ2v) is 6.21. The van der Waals surface area contributed by atoms with Gasteiger partial charge in [-0.05, 0) is 34.9 Å². The summed E-state index contributed by atoms with van der Waals surface area (Å²) in [6.45, 7) is 0. The van der Waals surface area contributed by atoms with E-state index in [1.165, 1.54) is 0 Å². The van der Waals surface area contributed by atoms with Crippen LogP contribution in [0.15, 0.2) is 48.5 Å². The Kier molecular flexibility index (Phi) is 3.96. The van der Waals surface area contributed by atoms with Gasteiger partial charge in [0.2, 0.25) is 0 Å². The molecule has 2 rings (SSSR count). The van der Waals surface area contributed by atoms with Crippen LogP contribution in [0, 0.1) is 22.7 Å². The van der Waals surface area contributed by atoms with Gasteiger partial charge in [-0.3, -0.25) is 0 Å². The summed E-state index contributed by atoms with van der Waals surface area (Å²) >= 11 is 6.42. The molecule has 2 aromatic rings. The molecule has 0 saturated carbocycles. The molecular formula is C14H8ClN2P. The van der Waals surface area contributed by atoms with Gasteiger partial charge in [-0.25, -0.2) is 0 Å². The molecule has 2 nitrogen and oxygen atoms in total. The van der Waals surface area contributed by atoms with E-state index in [4.69, 9.17) is 21.8 Å². The Morgan fingerprint density at radius 2 is 1.06 bits per heavy atom. The fourth-order valence-corrected chi connectivity index (χ4v) is 3.28. The van der Waals surface area contributed by atoms with Crippen molar-refractivity contribution in [3.05, 3.63) is 59.7 Å². The van der Waals surface area contributed by atoms with Gasteiger partial charge in [0.05, 0.1) is 30.5 Å². The smallest absolute Gasteiger partial charge is 0.0991 e. The minimum atomic E-state index is -0.952. The van der Waals surface area contributed by atoms with E-state index in [9.17, 15) is 0 Å². The molecule has 0 aliphatic carbocycles. The highest BCUT2D eigenvalue weighted by Gasteiger charge is 2.10. The maximum Gasteiger partial charge on any atom is 0.0991 e. The molecule has 0 aliphatic heterocycles. The lowest BCUT2D eigenvalue weighted by atomic mass is 10.2. The molecule has 0 unspecified atom stereocenters. The standard InChI is InChI=1S/C14H8ClN2P/c15-18(13-5-1-11(9-16)2-6-13)14-7-3-12(10-17)4-8-14/h1-8H. The molecule has 0 atom stereocenters. The number of benzene rings is 2. The van der Waals surface area contributed by atoms with Crippen molar-refractivity contribution in [1.82, 2.24) is 0 Å². The Morgan fingerprint density at radius 3 is 1.33 bits per heavy atom. The topological polar surface area (TPSA) is 47.6 Å². The predicted octanol–water partition coefficient (Wildman–Crippen LogP) is 3.02. The van der Waals surface area contributed by atoms with Gasteiger partial charge in [-0.15, -0.1) is 0 Å². The summed E-state index contributed by atoms with van der Waals surface area (Å²) < 4.78 is 0. The second kappa shape index (κ2) is 5.65. The summed E-state index contributed by atoms with van der Waals surface area (Å²) in [7, 11) is -0.952. The average Bonchev–Trinajstić information content (AvgIpc) is 2.47. The maximum atomic E-state index is 8.73. The number of hydrogen-bond donors (Lipinski definition) is 0. The minimum Gasteiger partial charge on any atom is -0.192 e. The van der Waals surface area contributed by atoms with Crippen molar-refractivity contribution in [2.24, 2.45) is 0 Å². The molecule has 0 aromatic heterocycles. The average molecular weight is 271 g/mol. The first-order chi connectivity index (χ1) is 8.74. The third kappa shape index (κ3) is 2.69. The molecule has 4 heteroatoms. The Labute approximate surface area is 112 Å². The van der Waals surface area contributed by atoms with Crippen LogP contribution in [0.25, 0.3) is 0 Å². The Morgan fingerprint density at radius 1 is 0.722 bits per heavy atom. The van der Waals surface area contributed by atoms with Crippen LogP contribution in [-0.4, -0.2) is 0 Å². The summed E-state index contributed by atoms with van der Waals surface area (Å²) in [6.07, 6.45) is 0. The zero-order valence-corrected chi connectivity index (χ0v) is 11.0. The van der Waals surface area contributed by atoms with Crippen LogP contribution in [0.1, 0.15) is 11.1 Å². The van der Waals surface area contributed by atoms with Gasteiger partial charge >= 0.3 is 0 Å². The summed E-state index contributed by atoms with van der Waals surface area (Å²) in [5, 5.41) is 19.5. The van der Waals surface area contributed by atoms with Crippen LogP contribution in [0.4, 0.5) is 0 Å². The van der Waals surface area contributed by atoms with E-state index in [1.807, 2.05) is 24.3 Å². The molecule has 0 bridgehead atoms. The SMILES string of the molecule is N#Cc1ccc(P(Cl)c2ccc(C#N)cc2)cc1. The van der Waals surface area contributed by atoms with Crippen molar-refractivity contribution >= 4 is 29.1 Å². The van der Waals surface area contributed by atoms with Gasteiger partial charge in [-0.1, -0.05) is 35.5 Å². The van der Waals surface area contributed by atoms with Crippen molar-refractivity contribution in [2.45, 2.75) is 0 Å². The lowest BCUT2D eigenvalue weighted by molar-refractivity contribution is 1.49. The lowest BCUT2D eigenvalue weighted by Gasteiger charge is -2.10. The number of halogens is 1. The first-order valence-electron chi connectivity index (χ1n) is 5.21. The summed E-state index contributed by atoms with van der Waals surface area (Å²) in [6, 6.07) is 18.7. The van der Waals surface area contributed by atoms with Crippen molar-refractivity contribution in [2.75, 3.05) is 0 Å². The van der Waals surface area contributed by atoms with E-state index < -0.39 is 7.27 Å². The minimum absolute atomic E-state index is 0.624. The van der Waals surface area contributed by atoms with Crippen molar-refractivity contribution in [3.8, 4) is 12.1 Å². The number of nitrogens with zero attached hydrogens (tertiary/aromatic N) is 2. The first kappa shape index (κ1) is 12.6. The monoisotopic (exact) mass is 270 g/mol. The third-order valence-electron chi connectivity index (χ3n) is 2.45. The zero-order valence-electron chi connectivity index (χ0n) is 9.34. The van der Waals surface area contributed by atoms with E-state index in [2.05, 4.69) is 12.1 Å². The van der Waals surface area contributed by atoms with Crippen molar-refractivity contribution in [1.29, 1.82) is 10.5 Å². The van der Waals surface area contributed by atoms with Gasteiger partial charge in [-0.2, -0.15) is 10.5 Å². The molecule has 0 heterocycles. The number of nitriles is 2. The Hall–Kier alpha value is -1.86. The van der Waals surface area contributed by atoms with Gasteiger partial charge in [0.1, 0.15) is 0 Å². The first-order valence-corrected chi connectivity index (χ1v) is 7.45. The molecule has 0 radical (unpaired) electrons. The fourth-order valence-electron chi connectivity index (χ4n) is 1.48.